The first-order valence-electron chi connectivity index (χ1n) is 12.8. The molecule has 0 spiro atoms. The number of thiophene rings is 1. The zero-order valence-corrected chi connectivity index (χ0v) is 21.9. The van der Waals surface area contributed by atoms with Crippen molar-refractivity contribution in [3.63, 3.8) is 0 Å². The van der Waals surface area contributed by atoms with Crippen molar-refractivity contribution >= 4 is 27.3 Å². The minimum Gasteiger partial charge on any atom is -0.335 e. The summed E-state index contributed by atoms with van der Waals surface area (Å²) in [5.41, 5.74) is 8.83. The van der Waals surface area contributed by atoms with Crippen LogP contribution in [0.1, 0.15) is 17.2 Å². The highest BCUT2D eigenvalue weighted by molar-refractivity contribution is 7.18. The van der Waals surface area contributed by atoms with Gasteiger partial charge < -0.3 is 10.2 Å². The second-order valence-electron chi connectivity index (χ2n) is 9.97. The Morgan fingerprint density at radius 2 is 1.95 bits per heavy atom. The van der Waals surface area contributed by atoms with Crippen LogP contribution in [0.4, 0.5) is 0 Å². The quantitative estimate of drug-likeness (QED) is 0.346. The van der Waals surface area contributed by atoms with E-state index in [4.69, 9.17) is 10.1 Å². The third kappa shape index (κ3) is 3.77. The SMILES string of the molecule is C=CC(=O)N1CC(n2cc(-c3nc(-c4ccc5c(c4)CCNC5)c4ccsc4c3-c3cnn(C)c3)cn2)C1. The number of carbonyl (C=O) groups is 1. The summed E-state index contributed by atoms with van der Waals surface area (Å²) in [6, 6.07) is 9.06. The van der Waals surface area contributed by atoms with Crippen molar-refractivity contribution in [3.8, 4) is 33.6 Å². The van der Waals surface area contributed by atoms with Gasteiger partial charge in [-0.2, -0.15) is 10.2 Å². The van der Waals surface area contributed by atoms with Crippen molar-refractivity contribution in [3.05, 3.63) is 78.2 Å². The molecule has 1 N–H and O–H groups in total. The highest BCUT2D eigenvalue weighted by Crippen LogP contribution is 2.43. The Labute approximate surface area is 224 Å². The molecule has 38 heavy (non-hydrogen) atoms. The fourth-order valence-electron chi connectivity index (χ4n) is 5.49. The summed E-state index contributed by atoms with van der Waals surface area (Å²) in [5.74, 6) is -0.0391. The van der Waals surface area contributed by atoms with E-state index in [-0.39, 0.29) is 11.9 Å². The van der Waals surface area contributed by atoms with Gasteiger partial charge in [-0.3, -0.25) is 14.2 Å². The summed E-state index contributed by atoms with van der Waals surface area (Å²) in [5, 5.41) is 15.9. The van der Waals surface area contributed by atoms with E-state index in [1.165, 1.54) is 21.9 Å². The average Bonchev–Trinajstić information content (AvgIpc) is 3.68. The van der Waals surface area contributed by atoms with Crippen LogP contribution >= 0.6 is 11.3 Å². The average molecular weight is 522 g/mol. The largest absolute Gasteiger partial charge is 0.335 e. The van der Waals surface area contributed by atoms with E-state index in [0.29, 0.717) is 13.1 Å². The molecule has 5 aromatic rings. The molecule has 0 bridgehead atoms. The number of likely N-dealkylation sites (tertiary alicyclic amines) is 1. The molecule has 9 heteroatoms. The summed E-state index contributed by atoms with van der Waals surface area (Å²) in [6.07, 6.45) is 10.3. The van der Waals surface area contributed by atoms with Crippen molar-refractivity contribution in [1.29, 1.82) is 0 Å². The summed E-state index contributed by atoms with van der Waals surface area (Å²) in [4.78, 5) is 19.0. The normalized spacial score (nSPS) is 15.4. The fourth-order valence-corrected chi connectivity index (χ4v) is 6.45. The van der Waals surface area contributed by atoms with E-state index in [1.807, 2.05) is 35.0 Å². The van der Waals surface area contributed by atoms with Crippen LogP contribution < -0.4 is 5.32 Å². The fraction of sp³-hybridized carbons (Fsp3) is 0.241. The zero-order valence-electron chi connectivity index (χ0n) is 21.1. The lowest BCUT2D eigenvalue weighted by Crippen LogP contribution is -2.50. The van der Waals surface area contributed by atoms with Crippen LogP contribution in [-0.2, 0) is 24.8 Å². The topological polar surface area (TPSA) is 80.9 Å². The number of carbonyl (C=O) groups excluding carboxylic acids is 1. The number of aromatic nitrogens is 5. The Kier molecular flexibility index (Phi) is 5.49. The Morgan fingerprint density at radius 3 is 2.76 bits per heavy atom. The van der Waals surface area contributed by atoms with E-state index in [1.54, 1.807) is 16.2 Å². The Bertz CT molecular complexity index is 1710. The summed E-state index contributed by atoms with van der Waals surface area (Å²) < 4.78 is 4.98. The van der Waals surface area contributed by atoms with E-state index in [2.05, 4.69) is 52.8 Å². The lowest BCUT2D eigenvalue weighted by atomic mass is 9.94. The molecular weight excluding hydrogens is 494 g/mol. The maximum absolute atomic E-state index is 11.9. The first kappa shape index (κ1) is 23.1. The molecule has 0 saturated carbocycles. The highest BCUT2D eigenvalue weighted by atomic mass is 32.1. The van der Waals surface area contributed by atoms with Crippen LogP contribution in [0, 0.1) is 0 Å². The van der Waals surface area contributed by atoms with Crippen LogP contribution in [-0.4, -0.2) is 55.0 Å². The Morgan fingerprint density at radius 1 is 1.08 bits per heavy atom. The van der Waals surface area contributed by atoms with Gasteiger partial charge in [0.05, 0.1) is 29.8 Å². The lowest BCUT2D eigenvalue weighted by Gasteiger charge is -2.38. The van der Waals surface area contributed by atoms with Crippen LogP contribution in [0.2, 0.25) is 0 Å². The number of benzene rings is 1. The van der Waals surface area contributed by atoms with Crippen LogP contribution in [0.3, 0.4) is 0 Å². The van der Waals surface area contributed by atoms with Crippen molar-refractivity contribution in [1.82, 2.24) is 34.8 Å². The third-order valence-corrected chi connectivity index (χ3v) is 8.50. The predicted molar refractivity (Wildman–Crippen MR) is 150 cm³/mol. The van der Waals surface area contributed by atoms with Gasteiger partial charge >= 0.3 is 0 Å². The molecule has 4 aromatic heterocycles. The van der Waals surface area contributed by atoms with Crippen molar-refractivity contribution < 1.29 is 4.79 Å². The Balaban J connectivity index is 1.37. The molecule has 190 valence electrons. The van der Waals surface area contributed by atoms with E-state index < -0.39 is 0 Å². The van der Waals surface area contributed by atoms with E-state index >= 15 is 0 Å². The predicted octanol–water partition coefficient (Wildman–Crippen LogP) is 4.44. The van der Waals surface area contributed by atoms with Crippen molar-refractivity contribution in [2.24, 2.45) is 7.05 Å². The molecule has 0 atom stereocenters. The molecule has 1 fully saturated rings. The van der Waals surface area contributed by atoms with Crippen LogP contribution in [0.5, 0.6) is 0 Å². The van der Waals surface area contributed by atoms with Crippen molar-refractivity contribution in [2.75, 3.05) is 19.6 Å². The number of hydrogen-bond acceptors (Lipinski definition) is 6. The first-order valence-corrected chi connectivity index (χ1v) is 13.7. The van der Waals surface area contributed by atoms with Crippen molar-refractivity contribution in [2.45, 2.75) is 19.0 Å². The summed E-state index contributed by atoms with van der Waals surface area (Å²) in [7, 11) is 1.93. The molecule has 6 heterocycles. The summed E-state index contributed by atoms with van der Waals surface area (Å²) in [6.45, 7) is 6.77. The maximum atomic E-state index is 11.9. The monoisotopic (exact) mass is 521 g/mol. The van der Waals surface area contributed by atoms with Gasteiger partial charge in [0, 0.05) is 71.4 Å². The second kappa shape index (κ2) is 9.04. The molecule has 7 rings (SSSR count). The van der Waals surface area contributed by atoms with Gasteiger partial charge in [-0.25, -0.2) is 4.98 Å². The number of hydrogen-bond donors (Lipinski definition) is 1. The molecular formula is C29H27N7OS. The molecule has 1 amide bonds. The molecule has 8 nitrogen and oxygen atoms in total. The van der Waals surface area contributed by atoms with Crippen LogP contribution in [0.15, 0.2) is 67.1 Å². The number of amides is 1. The van der Waals surface area contributed by atoms with E-state index in [9.17, 15) is 4.79 Å². The highest BCUT2D eigenvalue weighted by Gasteiger charge is 2.31. The third-order valence-electron chi connectivity index (χ3n) is 7.57. The van der Waals surface area contributed by atoms with Gasteiger partial charge in [-0.05, 0) is 47.7 Å². The number of pyridine rings is 1. The molecule has 2 aliphatic heterocycles. The molecule has 0 aliphatic carbocycles. The first-order chi connectivity index (χ1) is 18.6. The second-order valence-corrected chi connectivity index (χ2v) is 10.9. The van der Waals surface area contributed by atoms with Gasteiger partial charge in [0.25, 0.3) is 0 Å². The number of rotatable bonds is 5. The zero-order chi connectivity index (χ0) is 25.8. The number of nitrogens with zero attached hydrogens (tertiary/aromatic N) is 6. The molecule has 0 radical (unpaired) electrons. The maximum Gasteiger partial charge on any atom is 0.246 e. The van der Waals surface area contributed by atoms with Gasteiger partial charge in [0.1, 0.15) is 0 Å². The van der Waals surface area contributed by atoms with Gasteiger partial charge in [-0.1, -0.05) is 18.7 Å². The molecule has 0 unspecified atom stereocenters. The number of aryl methyl sites for hydroxylation is 1. The Hall–Kier alpha value is -4.08. The van der Waals surface area contributed by atoms with Crippen LogP contribution in [0.25, 0.3) is 43.7 Å². The number of fused-ring (bicyclic) bond motifs is 2. The van der Waals surface area contributed by atoms with Gasteiger partial charge in [-0.15, -0.1) is 11.3 Å². The number of nitrogens with one attached hydrogen (secondary N) is 1. The van der Waals surface area contributed by atoms with E-state index in [0.717, 1.165) is 58.5 Å². The standard InChI is InChI=1S/C29H27N7OS/c1-3-25(37)35-16-23(17-35)36-15-22(13-32-36)28-26(21-12-31-34(2)14-21)29-24(7-9-38-29)27(33-28)19-4-5-20-11-30-8-6-18(20)10-19/h3-5,7,9-10,12-15,23,30H,1,6,8,11,16-17H2,2H3. The minimum atomic E-state index is -0.0391. The smallest absolute Gasteiger partial charge is 0.246 e. The summed E-state index contributed by atoms with van der Waals surface area (Å²) >= 11 is 1.73. The van der Waals surface area contributed by atoms with Gasteiger partial charge in [0.15, 0.2) is 0 Å². The molecule has 1 aromatic carbocycles. The molecule has 2 aliphatic rings. The minimum absolute atomic E-state index is 0.0391. The van der Waals surface area contributed by atoms with Gasteiger partial charge in [0.2, 0.25) is 5.91 Å². The molecule has 1 saturated heterocycles. The lowest BCUT2D eigenvalue weighted by molar-refractivity contribution is -0.131.